The molecule has 0 bridgehead atoms. The molecule has 1 fully saturated rings. The van der Waals surface area contributed by atoms with Crippen LogP contribution in [0.15, 0.2) is 42.5 Å². The number of ether oxygens (including phenoxy) is 4. The molecule has 4 rings (SSSR count). The minimum Gasteiger partial charge on any atom is -0.491 e. The molecule has 1 aromatic heterocycles. The number of benzene rings is 2. The van der Waals surface area contributed by atoms with Gasteiger partial charge in [-0.05, 0) is 61.2 Å². The predicted molar refractivity (Wildman–Crippen MR) is 152 cm³/mol. The van der Waals surface area contributed by atoms with Crippen LogP contribution in [0.4, 0.5) is 5.69 Å². The summed E-state index contributed by atoms with van der Waals surface area (Å²) in [5, 5.41) is 7.06. The van der Waals surface area contributed by atoms with Gasteiger partial charge in [0.25, 0.3) is 0 Å². The van der Waals surface area contributed by atoms with Crippen molar-refractivity contribution in [3.8, 4) is 16.3 Å². The van der Waals surface area contributed by atoms with Crippen molar-refractivity contribution in [2.45, 2.75) is 32.1 Å². The molecule has 1 amide bonds. The van der Waals surface area contributed by atoms with E-state index in [1.54, 1.807) is 11.3 Å². The lowest BCUT2D eigenvalue weighted by Crippen LogP contribution is -2.28. The van der Waals surface area contributed by atoms with Crippen LogP contribution in [0.2, 0.25) is 0 Å². The quantitative estimate of drug-likeness (QED) is 0.229. The molecular formula is C29H39N3O5S. The lowest BCUT2D eigenvalue weighted by Gasteiger charge is -2.10. The number of hydrogen-bond donors (Lipinski definition) is 2. The second-order valence-electron chi connectivity index (χ2n) is 9.37. The monoisotopic (exact) mass is 541 g/mol. The fourth-order valence-corrected chi connectivity index (χ4v) is 5.47. The van der Waals surface area contributed by atoms with Crippen molar-refractivity contribution in [3.63, 3.8) is 0 Å². The van der Waals surface area contributed by atoms with E-state index < -0.39 is 0 Å². The zero-order chi connectivity index (χ0) is 26.4. The smallest absolute Gasteiger partial charge is 0.220 e. The summed E-state index contributed by atoms with van der Waals surface area (Å²) < 4.78 is 23.6. The Hall–Kier alpha value is -2.72. The summed E-state index contributed by atoms with van der Waals surface area (Å²) in [5.74, 6) is 1.53. The standard InChI is InChI=1S/C29H39N3O5S/c1-30-24-8-6-23(7-9-24)29-32-26-11-10-25(21-27(26)38-29)37-19-18-36-17-16-35-15-14-34-13-12-31-28(33)20-22-4-2-3-5-22/h6-11,21-22,30H,2-5,12-20H2,1H3,(H,31,33). The number of amides is 1. The highest BCUT2D eigenvalue weighted by Crippen LogP contribution is 2.33. The molecule has 1 aliphatic carbocycles. The van der Waals surface area contributed by atoms with E-state index >= 15 is 0 Å². The maximum Gasteiger partial charge on any atom is 0.220 e. The van der Waals surface area contributed by atoms with Crippen molar-refractivity contribution in [1.82, 2.24) is 10.3 Å². The van der Waals surface area contributed by atoms with Crippen molar-refractivity contribution in [2.75, 3.05) is 65.2 Å². The normalized spacial score (nSPS) is 13.7. The summed E-state index contributed by atoms with van der Waals surface area (Å²) >= 11 is 1.66. The van der Waals surface area contributed by atoms with Gasteiger partial charge in [0.1, 0.15) is 17.4 Å². The van der Waals surface area contributed by atoms with Gasteiger partial charge in [0, 0.05) is 31.3 Å². The summed E-state index contributed by atoms with van der Waals surface area (Å²) in [6.45, 7) is 4.04. The Morgan fingerprint density at radius 1 is 0.921 bits per heavy atom. The predicted octanol–water partition coefficient (Wildman–Crippen LogP) is 5.13. The molecule has 2 N–H and O–H groups in total. The van der Waals surface area contributed by atoms with E-state index in [0.29, 0.717) is 65.1 Å². The molecule has 9 heteroatoms. The van der Waals surface area contributed by atoms with Crippen LogP contribution < -0.4 is 15.4 Å². The lowest BCUT2D eigenvalue weighted by molar-refractivity contribution is -0.122. The van der Waals surface area contributed by atoms with Gasteiger partial charge in [0.05, 0.1) is 49.9 Å². The number of aromatic nitrogens is 1. The van der Waals surface area contributed by atoms with Crippen LogP contribution in [0.1, 0.15) is 32.1 Å². The van der Waals surface area contributed by atoms with Gasteiger partial charge < -0.3 is 29.6 Å². The average molecular weight is 542 g/mol. The minimum absolute atomic E-state index is 0.141. The summed E-state index contributed by atoms with van der Waals surface area (Å²) in [7, 11) is 1.91. The zero-order valence-corrected chi connectivity index (χ0v) is 23.0. The van der Waals surface area contributed by atoms with Gasteiger partial charge in [0.15, 0.2) is 0 Å². The van der Waals surface area contributed by atoms with Gasteiger partial charge in [-0.1, -0.05) is 12.8 Å². The highest BCUT2D eigenvalue weighted by atomic mass is 32.1. The highest BCUT2D eigenvalue weighted by Gasteiger charge is 2.17. The van der Waals surface area contributed by atoms with Crippen molar-refractivity contribution in [3.05, 3.63) is 42.5 Å². The summed E-state index contributed by atoms with van der Waals surface area (Å²) in [6.07, 6.45) is 5.56. The third kappa shape index (κ3) is 9.23. The largest absolute Gasteiger partial charge is 0.491 e. The number of carbonyl (C=O) groups is 1. The Labute approximate surface area is 229 Å². The Bertz CT molecular complexity index is 1120. The first-order valence-electron chi connectivity index (χ1n) is 13.5. The molecule has 0 radical (unpaired) electrons. The van der Waals surface area contributed by atoms with E-state index in [-0.39, 0.29) is 5.91 Å². The molecule has 2 aromatic carbocycles. The van der Waals surface area contributed by atoms with Crippen LogP contribution in [-0.4, -0.2) is 70.7 Å². The number of carbonyl (C=O) groups excluding carboxylic acids is 1. The zero-order valence-electron chi connectivity index (χ0n) is 22.2. The van der Waals surface area contributed by atoms with Crippen LogP contribution in [0, 0.1) is 5.92 Å². The molecular weight excluding hydrogens is 502 g/mol. The van der Waals surface area contributed by atoms with E-state index in [0.717, 1.165) is 32.2 Å². The number of hydrogen-bond acceptors (Lipinski definition) is 8. The van der Waals surface area contributed by atoms with E-state index in [9.17, 15) is 4.79 Å². The molecule has 0 aliphatic heterocycles. The second-order valence-corrected chi connectivity index (χ2v) is 10.4. The number of anilines is 1. The first-order chi connectivity index (χ1) is 18.7. The van der Waals surface area contributed by atoms with Gasteiger partial charge in [0.2, 0.25) is 5.91 Å². The topological polar surface area (TPSA) is 90.9 Å². The third-order valence-electron chi connectivity index (χ3n) is 6.54. The van der Waals surface area contributed by atoms with Crippen LogP contribution in [-0.2, 0) is 19.0 Å². The first kappa shape index (κ1) is 28.3. The molecule has 8 nitrogen and oxygen atoms in total. The molecule has 3 aromatic rings. The SMILES string of the molecule is CNc1ccc(-c2nc3ccc(OCCOCCOCCOCCNC(=O)CC4CCCC4)cc3s2)cc1. The number of fused-ring (bicyclic) bond motifs is 1. The Kier molecular flexibility index (Phi) is 11.6. The minimum atomic E-state index is 0.141. The fraction of sp³-hybridized carbons (Fsp3) is 0.517. The summed E-state index contributed by atoms with van der Waals surface area (Å²) in [6, 6.07) is 14.2. The van der Waals surface area contributed by atoms with E-state index in [2.05, 4.69) is 34.9 Å². The molecule has 206 valence electrons. The fourth-order valence-electron chi connectivity index (χ4n) is 4.47. The van der Waals surface area contributed by atoms with Crippen molar-refractivity contribution < 1.29 is 23.7 Å². The Morgan fingerprint density at radius 2 is 1.61 bits per heavy atom. The molecule has 0 saturated heterocycles. The molecule has 1 saturated carbocycles. The summed E-state index contributed by atoms with van der Waals surface area (Å²) in [4.78, 5) is 16.6. The van der Waals surface area contributed by atoms with Crippen LogP contribution in [0.25, 0.3) is 20.8 Å². The van der Waals surface area contributed by atoms with Crippen molar-refractivity contribution in [2.24, 2.45) is 5.92 Å². The second kappa shape index (κ2) is 15.6. The number of nitrogens with zero attached hydrogens (tertiary/aromatic N) is 1. The van der Waals surface area contributed by atoms with Crippen molar-refractivity contribution >= 4 is 33.1 Å². The highest BCUT2D eigenvalue weighted by molar-refractivity contribution is 7.21. The lowest BCUT2D eigenvalue weighted by atomic mass is 10.0. The average Bonchev–Trinajstić information content (AvgIpc) is 3.61. The number of nitrogens with one attached hydrogen (secondary N) is 2. The molecule has 1 aliphatic rings. The van der Waals surface area contributed by atoms with Gasteiger partial charge in [-0.25, -0.2) is 4.98 Å². The number of rotatable bonds is 17. The Balaban J connectivity index is 0.999. The van der Waals surface area contributed by atoms with Crippen LogP contribution in [0.5, 0.6) is 5.75 Å². The Morgan fingerprint density at radius 3 is 2.32 bits per heavy atom. The van der Waals surface area contributed by atoms with E-state index in [4.69, 9.17) is 23.9 Å². The van der Waals surface area contributed by atoms with Gasteiger partial charge in [-0.15, -0.1) is 11.3 Å². The molecule has 0 unspecified atom stereocenters. The molecule has 0 atom stereocenters. The first-order valence-corrected chi connectivity index (χ1v) is 14.3. The number of thiazole rings is 1. The van der Waals surface area contributed by atoms with Gasteiger partial charge in [-0.3, -0.25) is 4.79 Å². The van der Waals surface area contributed by atoms with Crippen LogP contribution >= 0.6 is 11.3 Å². The van der Waals surface area contributed by atoms with Gasteiger partial charge in [-0.2, -0.15) is 0 Å². The maximum absolute atomic E-state index is 11.9. The molecule has 0 spiro atoms. The van der Waals surface area contributed by atoms with E-state index in [1.165, 1.54) is 25.7 Å². The molecule has 38 heavy (non-hydrogen) atoms. The third-order valence-corrected chi connectivity index (χ3v) is 7.61. The van der Waals surface area contributed by atoms with Crippen LogP contribution in [0.3, 0.4) is 0 Å². The summed E-state index contributed by atoms with van der Waals surface area (Å²) in [5.41, 5.74) is 3.15. The van der Waals surface area contributed by atoms with Crippen molar-refractivity contribution in [1.29, 1.82) is 0 Å². The van der Waals surface area contributed by atoms with Gasteiger partial charge >= 0.3 is 0 Å². The molecule has 1 heterocycles. The maximum atomic E-state index is 11.9. The van der Waals surface area contributed by atoms with E-state index in [1.807, 2.05) is 25.2 Å².